The summed E-state index contributed by atoms with van der Waals surface area (Å²) in [5.74, 6) is -0.000545. The van der Waals surface area contributed by atoms with Crippen molar-refractivity contribution < 1.29 is 14.3 Å². The summed E-state index contributed by atoms with van der Waals surface area (Å²) in [5, 5.41) is 4.55. The van der Waals surface area contributed by atoms with Crippen LogP contribution in [0.25, 0.3) is 10.8 Å². The van der Waals surface area contributed by atoms with Crippen LogP contribution < -0.4 is 10.1 Å². The molecule has 0 radical (unpaired) electrons. The van der Waals surface area contributed by atoms with Crippen LogP contribution in [0.4, 0.5) is 0 Å². The highest BCUT2D eigenvalue weighted by Gasteiger charge is 2.15. The average molecular weight is 286 g/mol. The molecule has 0 aromatic heterocycles. The molecule has 0 heterocycles. The Morgan fingerprint density at radius 2 is 1.76 bits per heavy atom. The molecule has 110 valence electrons. The van der Waals surface area contributed by atoms with Gasteiger partial charge >= 0.3 is 0 Å². The quantitative estimate of drug-likeness (QED) is 0.930. The van der Waals surface area contributed by atoms with E-state index in [-0.39, 0.29) is 18.4 Å². The maximum Gasteiger partial charge on any atom is 0.255 e. The molecule has 21 heavy (non-hydrogen) atoms. The van der Waals surface area contributed by atoms with Gasteiger partial charge in [0.2, 0.25) is 5.91 Å². The van der Waals surface area contributed by atoms with E-state index in [1.807, 2.05) is 30.3 Å². The van der Waals surface area contributed by atoms with Gasteiger partial charge in [0, 0.05) is 14.1 Å². The molecule has 2 rings (SSSR count). The van der Waals surface area contributed by atoms with E-state index in [0.717, 1.165) is 10.8 Å². The lowest BCUT2D eigenvalue weighted by Gasteiger charge is -2.13. The summed E-state index contributed by atoms with van der Waals surface area (Å²) in [4.78, 5) is 25.2. The Morgan fingerprint density at radius 3 is 2.33 bits per heavy atom. The smallest absolute Gasteiger partial charge is 0.255 e. The van der Waals surface area contributed by atoms with Crippen LogP contribution in [-0.2, 0) is 4.79 Å². The van der Waals surface area contributed by atoms with E-state index < -0.39 is 0 Å². The van der Waals surface area contributed by atoms with Crippen molar-refractivity contribution in [3.05, 3.63) is 42.0 Å². The Morgan fingerprint density at radius 1 is 1.14 bits per heavy atom. The number of hydrogen-bond donors (Lipinski definition) is 1. The van der Waals surface area contributed by atoms with Crippen LogP contribution in [0.3, 0.4) is 0 Å². The highest BCUT2D eigenvalue weighted by atomic mass is 16.5. The molecule has 5 nitrogen and oxygen atoms in total. The number of rotatable bonds is 4. The third kappa shape index (κ3) is 3.31. The lowest BCUT2D eigenvalue weighted by atomic mass is 10.1. The van der Waals surface area contributed by atoms with Gasteiger partial charge in [-0.25, -0.2) is 0 Å². The van der Waals surface area contributed by atoms with Crippen molar-refractivity contribution >= 4 is 22.6 Å². The molecule has 1 N–H and O–H groups in total. The Bertz CT molecular complexity index is 680. The second-order valence-corrected chi connectivity index (χ2v) is 4.87. The second kappa shape index (κ2) is 6.26. The molecule has 5 heteroatoms. The Labute approximate surface area is 123 Å². The summed E-state index contributed by atoms with van der Waals surface area (Å²) in [6.45, 7) is -0.0399. The maximum absolute atomic E-state index is 12.2. The molecular formula is C16H18N2O3. The largest absolute Gasteiger partial charge is 0.496 e. The van der Waals surface area contributed by atoms with Gasteiger partial charge < -0.3 is 15.0 Å². The van der Waals surface area contributed by atoms with Gasteiger partial charge in [0.1, 0.15) is 5.75 Å². The first-order valence-electron chi connectivity index (χ1n) is 6.58. The fourth-order valence-electron chi connectivity index (χ4n) is 1.97. The minimum atomic E-state index is -0.326. The van der Waals surface area contributed by atoms with E-state index in [9.17, 15) is 9.59 Å². The van der Waals surface area contributed by atoms with Crippen molar-refractivity contribution in [1.29, 1.82) is 0 Å². The number of carbonyl (C=O) groups is 2. The number of likely N-dealkylation sites (N-methyl/N-ethyl adjacent to an activating group) is 1. The Hall–Kier alpha value is -2.56. The van der Waals surface area contributed by atoms with Gasteiger partial charge in [-0.3, -0.25) is 9.59 Å². The van der Waals surface area contributed by atoms with E-state index in [4.69, 9.17) is 4.74 Å². The first-order chi connectivity index (χ1) is 10.0. The molecule has 2 amide bonds. The van der Waals surface area contributed by atoms with Crippen LogP contribution in [-0.4, -0.2) is 44.5 Å². The molecule has 0 saturated carbocycles. The number of benzene rings is 2. The third-order valence-corrected chi connectivity index (χ3v) is 3.21. The molecule has 0 fully saturated rings. The zero-order valence-corrected chi connectivity index (χ0v) is 12.3. The van der Waals surface area contributed by atoms with Crippen LogP contribution >= 0.6 is 0 Å². The molecule has 0 spiro atoms. The van der Waals surface area contributed by atoms with Crippen molar-refractivity contribution in [2.45, 2.75) is 0 Å². The van der Waals surface area contributed by atoms with E-state index >= 15 is 0 Å². The zero-order chi connectivity index (χ0) is 15.4. The van der Waals surface area contributed by atoms with Crippen LogP contribution in [0.15, 0.2) is 36.4 Å². The number of carbonyl (C=O) groups excluding carboxylic acids is 2. The topological polar surface area (TPSA) is 58.6 Å². The minimum absolute atomic E-state index is 0.0399. The summed E-state index contributed by atoms with van der Waals surface area (Å²) < 4.78 is 5.27. The number of hydrogen-bond acceptors (Lipinski definition) is 3. The van der Waals surface area contributed by atoms with Crippen molar-refractivity contribution in [3.63, 3.8) is 0 Å². The number of nitrogens with zero attached hydrogens (tertiary/aromatic N) is 1. The summed E-state index contributed by atoms with van der Waals surface area (Å²) in [6, 6.07) is 11.3. The van der Waals surface area contributed by atoms with Gasteiger partial charge in [0.15, 0.2) is 0 Å². The van der Waals surface area contributed by atoms with Crippen LogP contribution in [0, 0.1) is 0 Å². The highest BCUT2D eigenvalue weighted by molar-refractivity contribution is 6.02. The molecule has 0 aliphatic carbocycles. The summed E-state index contributed by atoms with van der Waals surface area (Å²) in [7, 11) is 4.81. The number of ether oxygens (including phenoxy) is 1. The molecule has 0 atom stereocenters. The molecule has 0 saturated heterocycles. The van der Waals surface area contributed by atoms with Gasteiger partial charge in [0.25, 0.3) is 5.91 Å². The number of fused-ring (bicyclic) bond motifs is 1. The van der Waals surface area contributed by atoms with Gasteiger partial charge in [-0.15, -0.1) is 0 Å². The second-order valence-electron chi connectivity index (χ2n) is 4.87. The molecule has 0 bridgehead atoms. The number of amides is 2. The maximum atomic E-state index is 12.2. The number of nitrogens with one attached hydrogen (secondary N) is 1. The Kier molecular flexibility index (Phi) is 4.42. The van der Waals surface area contributed by atoms with Crippen molar-refractivity contribution in [2.75, 3.05) is 27.7 Å². The van der Waals surface area contributed by atoms with Crippen LogP contribution in [0.5, 0.6) is 5.75 Å². The van der Waals surface area contributed by atoms with Crippen LogP contribution in [0.2, 0.25) is 0 Å². The van der Waals surface area contributed by atoms with E-state index in [1.165, 1.54) is 12.0 Å². The first-order valence-corrected chi connectivity index (χ1v) is 6.58. The fraction of sp³-hybridized carbons (Fsp3) is 0.250. The standard InChI is InChI=1S/C16H18N2O3/c1-18(2)15(19)10-17-16(20)13-8-11-6-4-5-7-12(11)9-14(13)21-3/h4-9H,10H2,1-3H3,(H,17,20). The Balaban J connectivity index is 2.27. The number of methoxy groups -OCH3 is 1. The normalized spacial score (nSPS) is 10.2. The molecular weight excluding hydrogens is 268 g/mol. The molecule has 0 aliphatic heterocycles. The first kappa shape index (κ1) is 14.8. The predicted octanol–water partition coefficient (Wildman–Crippen LogP) is 1.67. The van der Waals surface area contributed by atoms with E-state index in [1.54, 1.807) is 20.2 Å². The van der Waals surface area contributed by atoms with Crippen molar-refractivity contribution in [1.82, 2.24) is 10.2 Å². The lowest BCUT2D eigenvalue weighted by molar-refractivity contribution is -0.127. The van der Waals surface area contributed by atoms with Crippen LogP contribution in [0.1, 0.15) is 10.4 Å². The molecule has 0 aliphatic rings. The van der Waals surface area contributed by atoms with Gasteiger partial charge in [-0.05, 0) is 22.9 Å². The zero-order valence-electron chi connectivity index (χ0n) is 12.3. The average Bonchev–Trinajstić information content (AvgIpc) is 2.50. The molecule has 2 aromatic carbocycles. The van der Waals surface area contributed by atoms with Gasteiger partial charge in [0.05, 0.1) is 19.2 Å². The fourth-order valence-corrected chi connectivity index (χ4v) is 1.97. The summed E-state index contributed by atoms with van der Waals surface area (Å²) >= 11 is 0. The monoisotopic (exact) mass is 286 g/mol. The highest BCUT2D eigenvalue weighted by Crippen LogP contribution is 2.25. The van der Waals surface area contributed by atoms with Gasteiger partial charge in [-0.1, -0.05) is 24.3 Å². The SMILES string of the molecule is COc1cc2ccccc2cc1C(=O)NCC(=O)N(C)C. The predicted molar refractivity (Wildman–Crippen MR) is 81.5 cm³/mol. The van der Waals surface area contributed by atoms with Crippen molar-refractivity contribution in [2.24, 2.45) is 0 Å². The van der Waals surface area contributed by atoms with Gasteiger partial charge in [-0.2, -0.15) is 0 Å². The summed E-state index contributed by atoms with van der Waals surface area (Å²) in [6.07, 6.45) is 0. The van der Waals surface area contributed by atoms with Crippen molar-refractivity contribution in [3.8, 4) is 5.75 Å². The minimum Gasteiger partial charge on any atom is -0.496 e. The van der Waals surface area contributed by atoms with E-state index in [0.29, 0.717) is 11.3 Å². The molecule has 2 aromatic rings. The molecule has 0 unspecified atom stereocenters. The third-order valence-electron chi connectivity index (χ3n) is 3.21. The van der Waals surface area contributed by atoms with E-state index in [2.05, 4.69) is 5.32 Å². The lowest BCUT2D eigenvalue weighted by Crippen LogP contribution is -2.36. The summed E-state index contributed by atoms with van der Waals surface area (Å²) in [5.41, 5.74) is 0.419.